The highest BCUT2D eigenvalue weighted by molar-refractivity contribution is 5.96. The number of hydrogen-bond acceptors (Lipinski definition) is 5. The Morgan fingerprint density at radius 3 is 2.38 bits per heavy atom. The Kier molecular flexibility index (Phi) is 6.54. The third kappa shape index (κ3) is 5.35. The average molecular weight is 434 g/mol. The SMILES string of the molecule is Cc1ccc2cc(C(=O)NC3CCC(NC(=O)OCc4ccccc4)CC3)c(=O)oc2c1. The lowest BCUT2D eigenvalue weighted by Gasteiger charge is -2.29. The molecule has 0 atom stereocenters. The fourth-order valence-corrected chi connectivity index (χ4v) is 3.95. The Bertz CT molecular complexity index is 1160. The van der Waals surface area contributed by atoms with Gasteiger partial charge in [-0.25, -0.2) is 9.59 Å². The predicted octanol–water partition coefficient (Wildman–Crippen LogP) is 4.07. The minimum absolute atomic E-state index is 0.000374. The fraction of sp³-hybridized carbons (Fsp3) is 0.320. The highest BCUT2D eigenvalue weighted by Crippen LogP contribution is 2.20. The van der Waals surface area contributed by atoms with Gasteiger partial charge in [0.1, 0.15) is 17.8 Å². The molecule has 0 spiro atoms. The van der Waals surface area contributed by atoms with Gasteiger partial charge >= 0.3 is 11.7 Å². The van der Waals surface area contributed by atoms with Gasteiger partial charge in [-0.3, -0.25) is 4.79 Å². The van der Waals surface area contributed by atoms with Gasteiger partial charge in [0.15, 0.2) is 0 Å². The average Bonchev–Trinajstić information content (AvgIpc) is 2.79. The quantitative estimate of drug-likeness (QED) is 0.590. The molecule has 166 valence electrons. The maximum absolute atomic E-state index is 12.7. The molecule has 7 heteroatoms. The molecule has 4 rings (SSSR count). The van der Waals surface area contributed by atoms with E-state index in [-0.39, 0.29) is 24.3 Å². The van der Waals surface area contributed by atoms with Gasteiger partial charge in [0.2, 0.25) is 0 Å². The smallest absolute Gasteiger partial charge is 0.407 e. The van der Waals surface area contributed by atoms with E-state index in [4.69, 9.17) is 9.15 Å². The highest BCUT2D eigenvalue weighted by Gasteiger charge is 2.25. The molecule has 1 aliphatic carbocycles. The van der Waals surface area contributed by atoms with Crippen molar-refractivity contribution in [1.82, 2.24) is 10.6 Å². The Hall–Kier alpha value is -3.61. The van der Waals surface area contributed by atoms with E-state index < -0.39 is 17.6 Å². The number of alkyl carbamates (subject to hydrolysis) is 1. The molecule has 0 saturated heterocycles. The van der Waals surface area contributed by atoms with Crippen LogP contribution in [-0.2, 0) is 11.3 Å². The maximum atomic E-state index is 12.7. The van der Waals surface area contributed by atoms with E-state index in [9.17, 15) is 14.4 Å². The van der Waals surface area contributed by atoms with Crippen LogP contribution in [0.2, 0.25) is 0 Å². The van der Waals surface area contributed by atoms with Gasteiger partial charge in [-0.05, 0) is 55.9 Å². The van der Waals surface area contributed by atoms with E-state index in [0.29, 0.717) is 23.8 Å². The van der Waals surface area contributed by atoms with Crippen LogP contribution in [0.25, 0.3) is 11.0 Å². The summed E-state index contributed by atoms with van der Waals surface area (Å²) in [7, 11) is 0. The Morgan fingerprint density at radius 2 is 1.66 bits per heavy atom. The number of fused-ring (bicyclic) bond motifs is 1. The largest absolute Gasteiger partial charge is 0.445 e. The van der Waals surface area contributed by atoms with Gasteiger partial charge in [-0.2, -0.15) is 0 Å². The van der Waals surface area contributed by atoms with Crippen molar-refractivity contribution in [2.75, 3.05) is 0 Å². The van der Waals surface area contributed by atoms with E-state index in [2.05, 4.69) is 10.6 Å². The van der Waals surface area contributed by atoms with Crippen LogP contribution < -0.4 is 16.3 Å². The van der Waals surface area contributed by atoms with Crippen molar-refractivity contribution in [3.63, 3.8) is 0 Å². The summed E-state index contributed by atoms with van der Waals surface area (Å²) in [6.07, 6.45) is 2.40. The van der Waals surface area contributed by atoms with Crippen molar-refractivity contribution in [2.45, 2.75) is 51.3 Å². The number of benzene rings is 2. The standard InChI is InChI=1S/C25H26N2O5/c1-16-7-8-18-14-21(24(29)32-22(18)13-16)23(28)26-19-9-11-20(12-10-19)27-25(30)31-15-17-5-3-2-4-6-17/h2-8,13-14,19-20H,9-12,15H2,1H3,(H,26,28)(H,27,30). The van der Waals surface area contributed by atoms with Gasteiger partial charge in [0, 0.05) is 17.5 Å². The molecule has 2 amide bonds. The lowest BCUT2D eigenvalue weighted by atomic mass is 9.91. The zero-order valence-electron chi connectivity index (χ0n) is 17.9. The normalized spacial score (nSPS) is 18.2. The molecule has 1 fully saturated rings. The van der Waals surface area contributed by atoms with Crippen molar-refractivity contribution in [2.24, 2.45) is 0 Å². The highest BCUT2D eigenvalue weighted by atomic mass is 16.5. The van der Waals surface area contributed by atoms with Crippen molar-refractivity contribution in [3.8, 4) is 0 Å². The first-order chi connectivity index (χ1) is 15.5. The monoisotopic (exact) mass is 434 g/mol. The van der Waals surface area contributed by atoms with Crippen LogP contribution in [-0.4, -0.2) is 24.1 Å². The zero-order chi connectivity index (χ0) is 22.5. The molecular formula is C25H26N2O5. The summed E-state index contributed by atoms with van der Waals surface area (Å²) >= 11 is 0. The van der Waals surface area contributed by atoms with Crippen LogP contribution >= 0.6 is 0 Å². The zero-order valence-corrected chi connectivity index (χ0v) is 17.9. The summed E-state index contributed by atoms with van der Waals surface area (Å²) in [5.41, 5.74) is 1.75. The minimum atomic E-state index is -0.642. The Balaban J connectivity index is 1.26. The van der Waals surface area contributed by atoms with E-state index >= 15 is 0 Å². The number of carbonyl (C=O) groups excluding carboxylic acids is 2. The van der Waals surface area contributed by atoms with Crippen LogP contribution in [0, 0.1) is 6.92 Å². The molecule has 2 N–H and O–H groups in total. The minimum Gasteiger partial charge on any atom is -0.445 e. The molecule has 2 aromatic carbocycles. The number of ether oxygens (including phenoxy) is 1. The molecule has 1 aromatic heterocycles. The van der Waals surface area contributed by atoms with Crippen LogP contribution in [0.3, 0.4) is 0 Å². The first-order valence-electron chi connectivity index (χ1n) is 10.8. The van der Waals surface area contributed by atoms with Gasteiger partial charge < -0.3 is 19.8 Å². The number of amides is 2. The molecule has 0 radical (unpaired) electrons. The summed E-state index contributed by atoms with van der Waals surface area (Å²) < 4.78 is 10.6. The van der Waals surface area contributed by atoms with Crippen LogP contribution in [0.15, 0.2) is 63.8 Å². The van der Waals surface area contributed by atoms with Crippen LogP contribution in [0.5, 0.6) is 0 Å². The van der Waals surface area contributed by atoms with Crippen LogP contribution in [0.1, 0.15) is 47.2 Å². The van der Waals surface area contributed by atoms with Gasteiger partial charge in [0.25, 0.3) is 5.91 Å². The Morgan fingerprint density at radius 1 is 0.969 bits per heavy atom. The lowest BCUT2D eigenvalue weighted by molar-refractivity contribution is 0.0917. The molecule has 7 nitrogen and oxygen atoms in total. The summed E-state index contributed by atoms with van der Waals surface area (Å²) in [6.45, 7) is 2.14. The molecule has 1 saturated carbocycles. The van der Waals surface area contributed by atoms with Gasteiger partial charge in [-0.15, -0.1) is 0 Å². The van der Waals surface area contributed by atoms with Gasteiger partial charge in [-0.1, -0.05) is 42.5 Å². The molecule has 0 aliphatic heterocycles. The van der Waals surface area contributed by atoms with Crippen molar-refractivity contribution >= 4 is 23.0 Å². The second-order valence-electron chi connectivity index (χ2n) is 8.22. The fourth-order valence-electron chi connectivity index (χ4n) is 3.95. The second kappa shape index (κ2) is 9.68. The van der Waals surface area contributed by atoms with E-state index in [0.717, 1.165) is 24.0 Å². The van der Waals surface area contributed by atoms with E-state index in [1.807, 2.05) is 49.4 Å². The summed E-state index contributed by atoms with van der Waals surface area (Å²) in [4.78, 5) is 37.0. The topological polar surface area (TPSA) is 97.6 Å². The number of carbonyl (C=O) groups is 2. The first-order valence-corrected chi connectivity index (χ1v) is 10.8. The lowest BCUT2D eigenvalue weighted by Crippen LogP contribution is -2.44. The molecule has 1 aliphatic rings. The Labute approximate surface area is 185 Å². The number of nitrogens with one attached hydrogen (secondary N) is 2. The van der Waals surface area contributed by atoms with Gasteiger partial charge in [0.05, 0.1) is 0 Å². The molecule has 0 unspecified atom stereocenters. The molecule has 3 aromatic rings. The second-order valence-corrected chi connectivity index (χ2v) is 8.22. The molecular weight excluding hydrogens is 408 g/mol. The molecule has 0 bridgehead atoms. The molecule has 1 heterocycles. The van der Waals surface area contributed by atoms with E-state index in [1.165, 1.54) is 0 Å². The molecule has 32 heavy (non-hydrogen) atoms. The maximum Gasteiger partial charge on any atom is 0.407 e. The summed E-state index contributed by atoms with van der Waals surface area (Å²) in [5, 5.41) is 6.53. The third-order valence-corrected chi connectivity index (χ3v) is 5.73. The van der Waals surface area contributed by atoms with E-state index in [1.54, 1.807) is 12.1 Å². The van der Waals surface area contributed by atoms with Crippen LogP contribution in [0.4, 0.5) is 4.79 Å². The number of rotatable bonds is 5. The summed E-state index contributed by atoms with van der Waals surface area (Å²) in [5.74, 6) is -0.431. The summed E-state index contributed by atoms with van der Waals surface area (Å²) in [6, 6.07) is 16.5. The number of hydrogen-bond donors (Lipinski definition) is 2. The van der Waals surface area contributed by atoms with Crippen molar-refractivity contribution in [1.29, 1.82) is 0 Å². The third-order valence-electron chi connectivity index (χ3n) is 5.73. The number of aryl methyl sites for hydroxylation is 1. The predicted molar refractivity (Wildman–Crippen MR) is 120 cm³/mol. The van der Waals surface area contributed by atoms with Crippen molar-refractivity contribution in [3.05, 3.63) is 81.7 Å². The van der Waals surface area contributed by atoms with Crippen molar-refractivity contribution < 1.29 is 18.7 Å². The first kappa shape index (κ1) is 21.6.